The summed E-state index contributed by atoms with van der Waals surface area (Å²) >= 11 is 0. The first-order valence-corrected chi connectivity index (χ1v) is 2.22. The average Bonchev–Trinajstić information content (AvgIpc) is 2.12. The molecule has 0 unspecified atom stereocenters. The largest absolute Gasteiger partial charge is 0.360 e. The fraction of sp³-hybridized carbons (Fsp3) is 0.200. The van der Waals surface area contributed by atoms with Gasteiger partial charge in [-0.05, 0) is 12.1 Å². The van der Waals surface area contributed by atoms with Crippen molar-refractivity contribution in [1.82, 2.24) is 4.98 Å². The van der Waals surface area contributed by atoms with Crippen LogP contribution in [-0.2, 0) is 0 Å². The highest BCUT2D eigenvalue weighted by atomic mass is 32.1. The molecule has 52 valence electrons. The van der Waals surface area contributed by atoms with E-state index in [-0.39, 0.29) is 19.2 Å². The maximum atomic E-state index is 11.6. The Labute approximate surface area is 58.5 Å². The molecule has 0 aliphatic heterocycles. The number of nitrogens with one attached hydrogen (secondary N) is 1. The Hall–Kier alpha value is -0.510. The van der Waals surface area contributed by atoms with Crippen molar-refractivity contribution >= 4 is 13.5 Å². The van der Waals surface area contributed by atoms with Crippen LogP contribution in [-0.4, -0.2) is 4.98 Å². The smallest absolute Gasteiger partial charge is 0.278 e. The van der Waals surface area contributed by atoms with E-state index in [1.807, 2.05) is 0 Å². The molecule has 1 aromatic rings. The summed E-state index contributed by atoms with van der Waals surface area (Å²) in [5, 5.41) is 0. The van der Waals surface area contributed by atoms with Gasteiger partial charge in [-0.3, -0.25) is 0 Å². The van der Waals surface area contributed by atoms with Crippen molar-refractivity contribution in [2.24, 2.45) is 0 Å². The highest BCUT2D eigenvalue weighted by Gasteiger charge is 2.04. The molecule has 0 saturated heterocycles. The van der Waals surface area contributed by atoms with Crippen molar-refractivity contribution in [3.05, 3.63) is 24.0 Å². The number of hydrogen-bond acceptors (Lipinski definition) is 0. The van der Waals surface area contributed by atoms with Gasteiger partial charge in [-0.15, -0.1) is 0 Å². The first kappa shape index (κ1) is 8.49. The summed E-state index contributed by atoms with van der Waals surface area (Å²) in [4.78, 5) is 2.39. The van der Waals surface area contributed by atoms with Crippen molar-refractivity contribution in [1.29, 1.82) is 0 Å². The number of aromatic amines is 1. The molecule has 1 rings (SSSR count). The second kappa shape index (κ2) is 3.50. The lowest BCUT2D eigenvalue weighted by Gasteiger charge is -1.88. The zero-order valence-electron chi connectivity index (χ0n) is 4.57. The summed E-state index contributed by atoms with van der Waals surface area (Å²) < 4.78 is 23.1. The van der Waals surface area contributed by atoms with Crippen molar-refractivity contribution in [3.63, 3.8) is 0 Å². The van der Waals surface area contributed by atoms with Gasteiger partial charge in [0.1, 0.15) is 0 Å². The van der Waals surface area contributed by atoms with E-state index in [0.29, 0.717) is 0 Å². The van der Waals surface area contributed by atoms with Crippen LogP contribution in [0.5, 0.6) is 0 Å². The summed E-state index contributed by atoms with van der Waals surface area (Å²) in [6.45, 7) is 0. The van der Waals surface area contributed by atoms with Crippen LogP contribution >= 0.6 is 13.5 Å². The minimum Gasteiger partial charge on any atom is -0.360 e. The summed E-state index contributed by atoms with van der Waals surface area (Å²) in [6.07, 6.45) is -0.897. The van der Waals surface area contributed by atoms with E-state index < -0.39 is 6.43 Å². The molecule has 0 fully saturated rings. The van der Waals surface area contributed by atoms with Gasteiger partial charge in [0.2, 0.25) is 0 Å². The minimum atomic E-state index is -2.37. The first-order valence-electron chi connectivity index (χ1n) is 2.22. The molecule has 0 bridgehead atoms. The molecule has 1 heterocycles. The molecule has 1 nitrogen and oxygen atoms in total. The van der Waals surface area contributed by atoms with Crippen molar-refractivity contribution in [2.75, 3.05) is 0 Å². The third-order valence-corrected chi connectivity index (χ3v) is 0.857. The molecule has 0 atom stereocenters. The van der Waals surface area contributed by atoms with E-state index in [9.17, 15) is 8.78 Å². The second-order valence-corrected chi connectivity index (χ2v) is 1.43. The molecule has 0 radical (unpaired) electrons. The van der Waals surface area contributed by atoms with Crippen molar-refractivity contribution in [2.45, 2.75) is 6.43 Å². The minimum absolute atomic E-state index is 0. The summed E-state index contributed by atoms with van der Waals surface area (Å²) in [7, 11) is 0. The Kier molecular flexibility index (Phi) is 3.30. The van der Waals surface area contributed by atoms with Crippen LogP contribution in [0.2, 0.25) is 0 Å². The molecule has 4 heteroatoms. The Morgan fingerprint density at radius 3 is 2.33 bits per heavy atom. The van der Waals surface area contributed by atoms with Gasteiger partial charge in [-0.25, -0.2) is 8.78 Å². The Morgan fingerprint density at radius 1 is 1.44 bits per heavy atom. The lowest BCUT2D eigenvalue weighted by Crippen LogP contribution is -1.79. The van der Waals surface area contributed by atoms with Crippen LogP contribution < -0.4 is 0 Å². The molecule has 0 spiro atoms. The molecular weight excluding hydrogens is 144 g/mol. The summed E-state index contributed by atoms with van der Waals surface area (Å²) in [5.74, 6) is 0. The molecule has 9 heavy (non-hydrogen) atoms. The Bertz CT molecular complexity index is 150. The van der Waals surface area contributed by atoms with Crippen LogP contribution in [0.25, 0.3) is 0 Å². The zero-order valence-corrected chi connectivity index (χ0v) is 5.57. The fourth-order valence-electron chi connectivity index (χ4n) is 0.480. The lowest BCUT2D eigenvalue weighted by atomic mass is 10.5. The number of rotatable bonds is 1. The zero-order chi connectivity index (χ0) is 5.98. The van der Waals surface area contributed by atoms with E-state index >= 15 is 0 Å². The number of alkyl halides is 2. The molecule has 1 N–H and O–H groups in total. The fourth-order valence-corrected chi connectivity index (χ4v) is 0.480. The number of hydrogen-bond donors (Lipinski definition) is 1. The number of aromatic nitrogens is 1. The van der Waals surface area contributed by atoms with Gasteiger partial charge in [0.25, 0.3) is 6.43 Å². The predicted molar refractivity (Wildman–Crippen MR) is 36.1 cm³/mol. The third kappa shape index (κ3) is 2.05. The second-order valence-electron chi connectivity index (χ2n) is 1.43. The van der Waals surface area contributed by atoms with E-state index in [1.165, 1.54) is 12.3 Å². The van der Waals surface area contributed by atoms with Crippen LogP contribution in [0.1, 0.15) is 12.1 Å². The molecule has 1 aromatic heterocycles. The first-order chi connectivity index (χ1) is 3.80. The molecular formula is C5H7F2NS. The van der Waals surface area contributed by atoms with E-state index in [1.54, 1.807) is 6.07 Å². The van der Waals surface area contributed by atoms with Crippen LogP contribution in [0.3, 0.4) is 0 Å². The monoisotopic (exact) mass is 151 g/mol. The molecule has 0 aliphatic carbocycles. The molecule has 0 aromatic carbocycles. The van der Waals surface area contributed by atoms with Gasteiger partial charge >= 0.3 is 0 Å². The summed E-state index contributed by atoms with van der Waals surface area (Å²) in [5.41, 5.74) is -0.0231. The highest BCUT2D eigenvalue weighted by Crippen LogP contribution is 2.14. The van der Waals surface area contributed by atoms with Crippen LogP contribution in [0.15, 0.2) is 18.3 Å². The Balaban J connectivity index is 0.000000640. The van der Waals surface area contributed by atoms with E-state index in [4.69, 9.17) is 0 Å². The number of H-pyrrole nitrogens is 1. The maximum Gasteiger partial charge on any atom is 0.278 e. The van der Waals surface area contributed by atoms with Crippen molar-refractivity contribution in [3.8, 4) is 0 Å². The number of halogens is 2. The highest BCUT2D eigenvalue weighted by molar-refractivity contribution is 7.59. The SMILES string of the molecule is FC(F)c1ccc[nH]1.S. The molecule has 0 aliphatic rings. The normalized spacial score (nSPS) is 9.22. The maximum absolute atomic E-state index is 11.6. The molecule has 0 amide bonds. The van der Waals surface area contributed by atoms with Crippen LogP contribution in [0, 0.1) is 0 Å². The van der Waals surface area contributed by atoms with Gasteiger partial charge in [-0.1, -0.05) is 0 Å². The average molecular weight is 151 g/mol. The third-order valence-electron chi connectivity index (χ3n) is 0.857. The lowest BCUT2D eigenvalue weighted by molar-refractivity contribution is 0.147. The summed E-state index contributed by atoms with van der Waals surface area (Å²) in [6, 6.07) is 2.90. The van der Waals surface area contributed by atoms with E-state index in [0.717, 1.165) is 0 Å². The van der Waals surface area contributed by atoms with E-state index in [2.05, 4.69) is 4.98 Å². The predicted octanol–water partition coefficient (Wildman–Crippen LogP) is 2.07. The van der Waals surface area contributed by atoms with Crippen molar-refractivity contribution < 1.29 is 8.78 Å². The van der Waals surface area contributed by atoms with Gasteiger partial charge < -0.3 is 4.98 Å². The van der Waals surface area contributed by atoms with Gasteiger partial charge in [0.05, 0.1) is 5.69 Å². The molecule has 0 saturated carbocycles. The standard InChI is InChI=1S/C5H5F2N.H2S/c6-5(7)4-2-1-3-8-4;/h1-3,5,8H;1H2. The quantitative estimate of drug-likeness (QED) is 0.632. The van der Waals surface area contributed by atoms with Gasteiger partial charge in [0.15, 0.2) is 0 Å². The Morgan fingerprint density at radius 2 is 2.11 bits per heavy atom. The van der Waals surface area contributed by atoms with Gasteiger partial charge in [0, 0.05) is 6.20 Å². The van der Waals surface area contributed by atoms with Crippen LogP contribution in [0.4, 0.5) is 8.78 Å². The topological polar surface area (TPSA) is 15.8 Å². The van der Waals surface area contributed by atoms with Gasteiger partial charge in [-0.2, -0.15) is 13.5 Å².